The van der Waals surface area contributed by atoms with E-state index in [4.69, 9.17) is 23.9 Å². The third-order valence-corrected chi connectivity index (χ3v) is 6.62. The van der Waals surface area contributed by atoms with Crippen LogP contribution in [0.5, 0.6) is 0 Å². The zero-order valence-electron chi connectivity index (χ0n) is 14.0. The van der Waals surface area contributed by atoms with Gasteiger partial charge in [0.1, 0.15) is 0 Å². The van der Waals surface area contributed by atoms with E-state index in [0.717, 1.165) is 5.56 Å². The molecule has 0 atom stereocenters. The zero-order chi connectivity index (χ0) is 18.5. The first-order valence-corrected chi connectivity index (χ1v) is 9.90. The summed E-state index contributed by atoms with van der Waals surface area (Å²) in [5.74, 6) is 0.450. The molecular weight excluding hydrogens is 377 g/mol. The van der Waals surface area contributed by atoms with Crippen LogP contribution in [0, 0.1) is 6.92 Å². The van der Waals surface area contributed by atoms with Crippen LogP contribution < -0.4 is 5.72 Å². The number of aromatic nitrogens is 4. The molecule has 11 heteroatoms. The molecule has 0 N–H and O–H groups in total. The summed E-state index contributed by atoms with van der Waals surface area (Å²) in [7, 11) is 1.96. The largest absolute Gasteiger partial charge is 0.428 e. The van der Waals surface area contributed by atoms with Gasteiger partial charge in [0.05, 0.1) is 11.9 Å². The van der Waals surface area contributed by atoms with Crippen molar-refractivity contribution < 1.29 is 12.8 Å². The molecular formula is C15H15BClN5O3S. The summed E-state index contributed by atoms with van der Waals surface area (Å²) in [6, 6.07) is 1.72. The normalized spacial score (nSPS) is 17.2. The molecule has 0 bridgehead atoms. The highest BCUT2D eigenvalue weighted by molar-refractivity contribution is 7.89. The first-order valence-electron chi connectivity index (χ1n) is 8.08. The highest BCUT2D eigenvalue weighted by atomic mass is 35.5. The van der Waals surface area contributed by atoms with Crippen LogP contribution >= 0.6 is 11.6 Å². The van der Waals surface area contributed by atoms with Crippen molar-refractivity contribution in [2.75, 3.05) is 13.1 Å². The summed E-state index contributed by atoms with van der Waals surface area (Å²) in [5.41, 5.74) is 1.68. The summed E-state index contributed by atoms with van der Waals surface area (Å²) in [5, 5.41) is 4.57. The lowest BCUT2D eigenvalue weighted by atomic mass is 9.91. The van der Waals surface area contributed by atoms with E-state index in [1.54, 1.807) is 17.5 Å². The SMILES string of the molecule is [B]c1nc2cc(Cl)c(C3CCN(S(=O)(=O)c4cnc(C)o4)CC3)cn2n1. The molecule has 0 unspecified atom stereocenters. The van der Waals surface area contributed by atoms with E-state index in [1.807, 2.05) is 6.20 Å². The molecule has 0 saturated carbocycles. The van der Waals surface area contributed by atoms with Crippen molar-refractivity contribution in [1.29, 1.82) is 0 Å². The van der Waals surface area contributed by atoms with Crippen molar-refractivity contribution in [3.05, 3.63) is 34.9 Å². The highest BCUT2D eigenvalue weighted by Crippen LogP contribution is 2.34. The van der Waals surface area contributed by atoms with Crippen LogP contribution in [0.2, 0.25) is 5.02 Å². The van der Waals surface area contributed by atoms with E-state index in [1.165, 1.54) is 10.5 Å². The number of oxazole rings is 1. The van der Waals surface area contributed by atoms with Crippen molar-refractivity contribution in [2.45, 2.75) is 30.8 Å². The van der Waals surface area contributed by atoms with Crippen molar-refractivity contribution in [3.63, 3.8) is 0 Å². The van der Waals surface area contributed by atoms with Gasteiger partial charge in [0.2, 0.25) is 0 Å². The van der Waals surface area contributed by atoms with Crippen LogP contribution in [0.25, 0.3) is 5.65 Å². The Kier molecular flexibility index (Phi) is 4.28. The number of nitrogens with zero attached hydrogens (tertiary/aromatic N) is 5. The van der Waals surface area contributed by atoms with Crippen LogP contribution in [0.1, 0.15) is 30.2 Å². The summed E-state index contributed by atoms with van der Waals surface area (Å²) in [4.78, 5) is 7.95. The van der Waals surface area contributed by atoms with Gasteiger partial charge in [-0.15, -0.1) is 0 Å². The fraction of sp³-hybridized carbons (Fsp3) is 0.400. The maximum Gasteiger partial charge on any atom is 0.278 e. The Morgan fingerprint density at radius 3 is 2.73 bits per heavy atom. The van der Waals surface area contributed by atoms with Crippen molar-refractivity contribution in [2.24, 2.45) is 0 Å². The fourth-order valence-electron chi connectivity index (χ4n) is 3.23. The van der Waals surface area contributed by atoms with E-state index in [0.29, 0.717) is 42.5 Å². The third kappa shape index (κ3) is 3.02. The minimum Gasteiger partial charge on any atom is -0.428 e. The maximum atomic E-state index is 12.6. The molecule has 1 aliphatic heterocycles. The number of halogens is 1. The van der Waals surface area contributed by atoms with Gasteiger partial charge in [-0.3, -0.25) is 0 Å². The Hall–Kier alpha value is -1.91. The molecule has 1 fully saturated rings. The predicted octanol–water partition coefficient (Wildman–Crippen LogP) is 1.04. The lowest BCUT2D eigenvalue weighted by Crippen LogP contribution is -2.37. The minimum atomic E-state index is -3.66. The van der Waals surface area contributed by atoms with Gasteiger partial charge in [0.25, 0.3) is 15.1 Å². The van der Waals surface area contributed by atoms with Gasteiger partial charge in [-0.25, -0.2) is 22.9 Å². The topological polar surface area (TPSA) is 93.6 Å². The van der Waals surface area contributed by atoms with Gasteiger partial charge in [0.15, 0.2) is 19.4 Å². The fourth-order valence-corrected chi connectivity index (χ4v) is 4.89. The summed E-state index contributed by atoms with van der Waals surface area (Å²) < 4.78 is 33.4. The average Bonchev–Trinajstić information content (AvgIpc) is 3.19. The smallest absolute Gasteiger partial charge is 0.278 e. The lowest BCUT2D eigenvalue weighted by molar-refractivity contribution is 0.307. The molecule has 0 aromatic carbocycles. The average molecular weight is 392 g/mol. The molecule has 26 heavy (non-hydrogen) atoms. The summed E-state index contributed by atoms with van der Waals surface area (Å²) in [6.07, 6.45) is 4.34. The number of fused-ring (bicyclic) bond motifs is 1. The first-order chi connectivity index (χ1) is 12.3. The number of aryl methyl sites for hydroxylation is 1. The Morgan fingerprint density at radius 1 is 1.35 bits per heavy atom. The first kappa shape index (κ1) is 17.5. The molecule has 8 nitrogen and oxygen atoms in total. The minimum absolute atomic E-state index is 0.119. The molecule has 1 aliphatic rings. The Balaban J connectivity index is 1.54. The lowest BCUT2D eigenvalue weighted by Gasteiger charge is -2.30. The van der Waals surface area contributed by atoms with Gasteiger partial charge in [0, 0.05) is 37.3 Å². The molecule has 0 amide bonds. The number of sulfonamides is 1. The molecule has 2 radical (unpaired) electrons. The predicted molar refractivity (Wildman–Crippen MR) is 95.4 cm³/mol. The van der Waals surface area contributed by atoms with Crippen LogP contribution in [0.15, 0.2) is 28.0 Å². The van der Waals surface area contributed by atoms with Crippen LogP contribution in [0.4, 0.5) is 0 Å². The number of hydrogen-bond acceptors (Lipinski definition) is 6. The quantitative estimate of drug-likeness (QED) is 0.619. The Morgan fingerprint density at radius 2 is 2.08 bits per heavy atom. The number of rotatable bonds is 3. The number of pyridine rings is 1. The number of piperidine rings is 1. The molecule has 0 aliphatic carbocycles. The van der Waals surface area contributed by atoms with Crippen LogP contribution in [0.3, 0.4) is 0 Å². The molecule has 4 rings (SSSR count). The Bertz CT molecular complexity index is 1070. The maximum absolute atomic E-state index is 12.6. The van der Waals surface area contributed by atoms with Gasteiger partial charge in [-0.05, 0) is 24.3 Å². The molecule has 1 saturated heterocycles. The van der Waals surface area contributed by atoms with E-state index in [2.05, 4.69) is 15.1 Å². The van der Waals surface area contributed by atoms with Crippen molar-refractivity contribution in [3.8, 4) is 0 Å². The van der Waals surface area contributed by atoms with Gasteiger partial charge in [-0.1, -0.05) is 11.6 Å². The highest BCUT2D eigenvalue weighted by Gasteiger charge is 2.33. The Labute approximate surface area is 156 Å². The van der Waals surface area contributed by atoms with E-state index >= 15 is 0 Å². The number of hydrogen-bond donors (Lipinski definition) is 0. The third-order valence-electron chi connectivity index (χ3n) is 4.55. The summed E-state index contributed by atoms with van der Waals surface area (Å²) >= 11 is 6.39. The molecule has 134 valence electrons. The van der Waals surface area contributed by atoms with Crippen molar-refractivity contribution >= 4 is 40.8 Å². The molecule has 3 aromatic rings. The van der Waals surface area contributed by atoms with E-state index in [9.17, 15) is 8.42 Å². The standard InChI is InChI=1S/C15H15BClN5O3S/c1-9-18-7-14(25-9)26(23,24)21-4-2-10(3-5-21)11-8-22-13(6-12(11)17)19-15(16)20-22/h6-8,10H,2-5H2,1H3. The molecule has 3 aromatic heterocycles. The zero-order valence-corrected chi connectivity index (χ0v) is 15.5. The van der Waals surface area contributed by atoms with Gasteiger partial charge in [-0.2, -0.15) is 9.40 Å². The van der Waals surface area contributed by atoms with Crippen LogP contribution in [-0.4, -0.2) is 53.2 Å². The van der Waals surface area contributed by atoms with Crippen LogP contribution in [-0.2, 0) is 10.0 Å². The second-order valence-electron chi connectivity index (χ2n) is 6.23. The summed E-state index contributed by atoms with van der Waals surface area (Å²) in [6.45, 7) is 2.36. The van der Waals surface area contributed by atoms with E-state index in [-0.39, 0.29) is 16.7 Å². The molecule has 0 spiro atoms. The van der Waals surface area contributed by atoms with E-state index < -0.39 is 10.0 Å². The van der Waals surface area contributed by atoms with Crippen molar-refractivity contribution in [1.82, 2.24) is 23.9 Å². The van der Waals surface area contributed by atoms with Gasteiger partial charge < -0.3 is 4.42 Å². The van der Waals surface area contributed by atoms with Gasteiger partial charge >= 0.3 is 0 Å². The monoisotopic (exact) mass is 391 g/mol. The second kappa shape index (κ2) is 6.36. The second-order valence-corrected chi connectivity index (χ2v) is 8.50. The molecule has 4 heterocycles.